The van der Waals surface area contributed by atoms with Crippen molar-refractivity contribution in [2.75, 3.05) is 5.32 Å². The van der Waals surface area contributed by atoms with Crippen molar-refractivity contribution in [3.05, 3.63) is 27.7 Å². The van der Waals surface area contributed by atoms with Crippen LogP contribution in [0.15, 0.2) is 16.0 Å². The maximum absolute atomic E-state index is 10.9. The van der Waals surface area contributed by atoms with Crippen LogP contribution in [0, 0.1) is 6.92 Å². The Kier molecular flexibility index (Phi) is 2.86. The van der Waals surface area contributed by atoms with Crippen LogP contribution in [-0.4, -0.2) is 16.0 Å². The van der Waals surface area contributed by atoms with Gasteiger partial charge in [0, 0.05) is 10.3 Å². The van der Waals surface area contributed by atoms with E-state index in [1.54, 1.807) is 18.4 Å². The van der Waals surface area contributed by atoms with Gasteiger partial charge in [0.2, 0.25) is 5.91 Å². The summed E-state index contributed by atoms with van der Waals surface area (Å²) in [6.45, 7) is 2.27. The topological polar surface area (TPSA) is 94.0 Å². The highest BCUT2D eigenvalue weighted by Gasteiger charge is 2.06. The zero-order valence-corrected chi connectivity index (χ0v) is 9.37. The molecule has 1 amide bonds. The minimum atomic E-state index is -0.420. The summed E-state index contributed by atoms with van der Waals surface area (Å²) in [6.07, 6.45) is 0. The van der Waals surface area contributed by atoms with Crippen molar-refractivity contribution in [2.45, 2.75) is 13.5 Å². The largest absolute Gasteiger partial charge is 0.366 e. The van der Waals surface area contributed by atoms with Crippen molar-refractivity contribution in [1.29, 1.82) is 0 Å². The summed E-state index contributed by atoms with van der Waals surface area (Å²) in [5, 5.41) is 8.32. The van der Waals surface area contributed by atoms with E-state index in [1.165, 1.54) is 11.3 Å². The maximum Gasteiger partial charge on any atom is 0.321 e. The van der Waals surface area contributed by atoms with E-state index < -0.39 is 5.91 Å². The lowest BCUT2D eigenvalue weighted by molar-refractivity contribution is 0.100. The molecular formula is C9H10N4O2S. The Balaban J connectivity index is 1.97. The third kappa shape index (κ3) is 2.37. The molecule has 0 aromatic carbocycles. The Morgan fingerprint density at radius 3 is 3.06 bits per heavy atom. The van der Waals surface area contributed by atoms with Crippen LogP contribution in [0.3, 0.4) is 0 Å². The quantitative estimate of drug-likeness (QED) is 0.833. The lowest BCUT2D eigenvalue weighted by atomic mass is 10.3. The fourth-order valence-corrected chi connectivity index (χ4v) is 1.95. The average Bonchev–Trinajstić information content (AvgIpc) is 2.83. The zero-order chi connectivity index (χ0) is 11.5. The monoisotopic (exact) mass is 238 g/mol. The van der Waals surface area contributed by atoms with Gasteiger partial charge >= 0.3 is 6.01 Å². The predicted molar refractivity (Wildman–Crippen MR) is 59.2 cm³/mol. The smallest absolute Gasteiger partial charge is 0.321 e. The van der Waals surface area contributed by atoms with Crippen LogP contribution in [0.25, 0.3) is 0 Å². The second-order valence-electron chi connectivity index (χ2n) is 3.17. The lowest BCUT2D eigenvalue weighted by Gasteiger charge is -1.96. The molecule has 0 aliphatic rings. The van der Waals surface area contributed by atoms with Gasteiger partial charge in [0.05, 0.1) is 12.1 Å². The van der Waals surface area contributed by atoms with Gasteiger partial charge in [-0.3, -0.25) is 4.79 Å². The van der Waals surface area contributed by atoms with E-state index in [9.17, 15) is 4.79 Å². The van der Waals surface area contributed by atoms with Crippen LogP contribution in [0.4, 0.5) is 6.01 Å². The number of nitrogens with zero attached hydrogens (tertiary/aromatic N) is 2. The number of hydrogen-bond acceptors (Lipinski definition) is 6. The van der Waals surface area contributed by atoms with E-state index in [0.717, 1.165) is 4.88 Å². The Labute approximate surface area is 95.5 Å². The molecular weight excluding hydrogens is 228 g/mol. The van der Waals surface area contributed by atoms with Crippen LogP contribution >= 0.6 is 11.3 Å². The molecule has 7 heteroatoms. The van der Waals surface area contributed by atoms with Gasteiger partial charge in [0.1, 0.15) is 0 Å². The van der Waals surface area contributed by atoms with Gasteiger partial charge in [0.15, 0.2) is 5.82 Å². The number of primary amides is 1. The van der Waals surface area contributed by atoms with Crippen LogP contribution in [-0.2, 0) is 6.54 Å². The van der Waals surface area contributed by atoms with Gasteiger partial charge in [-0.2, -0.15) is 4.98 Å². The van der Waals surface area contributed by atoms with Crippen LogP contribution in [0.2, 0.25) is 0 Å². The van der Waals surface area contributed by atoms with Crippen molar-refractivity contribution in [3.63, 3.8) is 0 Å². The maximum atomic E-state index is 10.9. The van der Waals surface area contributed by atoms with E-state index in [1.807, 2.05) is 0 Å². The Morgan fingerprint density at radius 2 is 2.50 bits per heavy atom. The van der Waals surface area contributed by atoms with Gasteiger partial charge in [-0.05, 0) is 13.0 Å². The number of nitrogens with two attached hydrogens (primary N) is 1. The van der Waals surface area contributed by atoms with Crippen LogP contribution < -0.4 is 11.1 Å². The summed E-state index contributed by atoms with van der Waals surface area (Å²) in [5.74, 6) is 0.155. The number of amides is 1. The third-order valence-corrected chi connectivity index (χ3v) is 2.82. The molecule has 6 nitrogen and oxygen atoms in total. The second kappa shape index (κ2) is 4.31. The highest BCUT2D eigenvalue weighted by Crippen LogP contribution is 2.15. The van der Waals surface area contributed by atoms with Crippen LogP contribution in [0.5, 0.6) is 0 Å². The standard InChI is InChI=1S/C9H10N4O2S/c1-5-12-9(15-13-5)11-3-7-2-6(4-16-7)8(10)14/h2,4H,3H2,1H3,(H2,10,14)(H,11,12,13). The summed E-state index contributed by atoms with van der Waals surface area (Å²) < 4.78 is 4.88. The molecule has 2 aromatic rings. The summed E-state index contributed by atoms with van der Waals surface area (Å²) in [5.41, 5.74) is 5.66. The molecule has 2 rings (SSSR count). The number of aromatic nitrogens is 2. The van der Waals surface area contributed by atoms with E-state index in [-0.39, 0.29) is 0 Å². The minimum absolute atomic E-state index is 0.367. The van der Waals surface area contributed by atoms with E-state index in [2.05, 4.69) is 15.5 Å². The average molecular weight is 238 g/mol. The number of rotatable bonds is 4. The first-order chi connectivity index (χ1) is 7.65. The molecule has 2 heterocycles. The first-order valence-electron chi connectivity index (χ1n) is 4.56. The molecule has 84 valence electrons. The Bertz CT molecular complexity index is 505. The molecule has 0 atom stereocenters. The van der Waals surface area contributed by atoms with Gasteiger partial charge in [0.25, 0.3) is 0 Å². The number of carbonyl (C=O) groups is 1. The van der Waals surface area contributed by atoms with E-state index in [0.29, 0.717) is 23.9 Å². The van der Waals surface area contributed by atoms with Gasteiger partial charge in [-0.1, -0.05) is 5.16 Å². The van der Waals surface area contributed by atoms with Gasteiger partial charge in [-0.25, -0.2) is 0 Å². The second-order valence-corrected chi connectivity index (χ2v) is 4.16. The predicted octanol–water partition coefficient (Wildman–Crippen LogP) is 1.15. The molecule has 0 saturated carbocycles. The summed E-state index contributed by atoms with van der Waals surface area (Å²) >= 11 is 1.45. The normalized spacial score (nSPS) is 10.3. The zero-order valence-electron chi connectivity index (χ0n) is 8.56. The van der Waals surface area contributed by atoms with Gasteiger partial charge < -0.3 is 15.6 Å². The number of aryl methyl sites for hydroxylation is 1. The van der Waals surface area contributed by atoms with Gasteiger partial charge in [-0.15, -0.1) is 11.3 Å². The number of nitrogens with one attached hydrogen (secondary N) is 1. The molecule has 0 aliphatic heterocycles. The lowest BCUT2D eigenvalue weighted by Crippen LogP contribution is -2.09. The molecule has 0 radical (unpaired) electrons. The molecule has 0 aliphatic carbocycles. The number of anilines is 1. The number of thiophene rings is 1. The number of carbonyl (C=O) groups excluding carboxylic acids is 1. The fraction of sp³-hybridized carbons (Fsp3) is 0.222. The summed E-state index contributed by atoms with van der Waals surface area (Å²) in [7, 11) is 0. The first-order valence-corrected chi connectivity index (χ1v) is 5.44. The Morgan fingerprint density at radius 1 is 1.69 bits per heavy atom. The number of hydrogen-bond donors (Lipinski definition) is 2. The molecule has 0 bridgehead atoms. The highest BCUT2D eigenvalue weighted by atomic mass is 32.1. The fourth-order valence-electron chi connectivity index (χ4n) is 1.13. The van der Waals surface area contributed by atoms with Crippen molar-refractivity contribution in [2.24, 2.45) is 5.73 Å². The molecule has 2 aromatic heterocycles. The molecule has 0 unspecified atom stereocenters. The van der Waals surface area contributed by atoms with E-state index >= 15 is 0 Å². The first kappa shape index (κ1) is 10.6. The van der Waals surface area contributed by atoms with Crippen LogP contribution in [0.1, 0.15) is 21.1 Å². The summed E-state index contributed by atoms with van der Waals surface area (Å²) in [6, 6.07) is 2.11. The van der Waals surface area contributed by atoms with Crippen molar-refractivity contribution in [1.82, 2.24) is 10.1 Å². The third-order valence-electron chi connectivity index (χ3n) is 1.88. The molecule has 0 fully saturated rings. The van der Waals surface area contributed by atoms with E-state index in [4.69, 9.17) is 10.3 Å². The Hall–Kier alpha value is -1.89. The molecule has 0 spiro atoms. The minimum Gasteiger partial charge on any atom is -0.366 e. The molecule has 3 N–H and O–H groups in total. The summed E-state index contributed by atoms with van der Waals surface area (Å²) in [4.78, 5) is 15.8. The van der Waals surface area contributed by atoms with Crippen molar-refractivity contribution in [3.8, 4) is 0 Å². The SMILES string of the molecule is Cc1noc(NCc2cc(C(N)=O)cs2)n1. The highest BCUT2D eigenvalue weighted by molar-refractivity contribution is 7.10. The molecule has 0 saturated heterocycles. The molecule has 16 heavy (non-hydrogen) atoms. The van der Waals surface area contributed by atoms with Crippen molar-refractivity contribution < 1.29 is 9.32 Å². The van der Waals surface area contributed by atoms with Crippen molar-refractivity contribution >= 4 is 23.3 Å².